The summed E-state index contributed by atoms with van der Waals surface area (Å²) in [7, 11) is 0. The number of likely N-dealkylation sites (tertiary alicyclic amines) is 1. The molecule has 0 saturated carbocycles. The number of thiophene rings is 1. The lowest BCUT2D eigenvalue weighted by Crippen LogP contribution is -2.42. The SMILES string of the molecule is CC(C)(C)C(=O)Nc1cccc2cc(C(=O)O)n(Cc3cc(-c4ccc(Cl)s4)on3)c12.CC(C)N1CCC(N)CC1. The summed E-state index contributed by atoms with van der Waals surface area (Å²) in [6.07, 6.45) is 2.36. The Hall–Kier alpha value is -3.18. The van der Waals surface area contributed by atoms with Crippen LogP contribution in [0.15, 0.2) is 47.0 Å². The van der Waals surface area contributed by atoms with Crippen molar-refractivity contribution in [1.82, 2.24) is 14.6 Å². The Morgan fingerprint density at radius 2 is 1.90 bits per heavy atom. The number of hydrogen-bond donors (Lipinski definition) is 3. The molecule has 1 saturated heterocycles. The first kappa shape index (κ1) is 30.8. The number of carbonyl (C=O) groups excluding carboxylic acids is 1. The monoisotopic (exact) mass is 599 g/mol. The van der Waals surface area contributed by atoms with Crippen LogP contribution in [0.2, 0.25) is 4.34 Å². The summed E-state index contributed by atoms with van der Waals surface area (Å²) in [5.41, 5.74) is 6.97. The Morgan fingerprint density at radius 1 is 1.20 bits per heavy atom. The van der Waals surface area contributed by atoms with Gasteiger partial charge in [-0.1, -0.05) is 49.7 Å². The molecule has 0 aliphatic carbocycles. The molecule has 4 N–H and O–H groups in total. The molecule has 3 aromatic heterocycles. The van der Waals surface area contributed by atoms with Crippen LogP contribution in [0.1, 0.15) is 63.6 Å². The summed E-state index contributed by atoms with van der Waals surface area (Å²) in [5, 5.41) is 17.5. The van der Waals surface area contributed by atoms with Crippen molar-refractivity contribution in [1.29, 1.82) is 0 Å². The molecular formula is C30H38ClN5O4S. The molecule has 9 nitrogen and oxygen atoms in total. The molecule has 0 bridgehead atoms. The van der Waals surface area contributed by atoms with Crippen molar-refractivity contribution in [2.75, 3.05) is 18.4 Å². The molecule has 0 unspecified atom stereocenters. The van der Waals surface area contributed by atoms with E-state index in [4.69, 9.17) is 21.9 Å². The second-order valence-corrected chi connectivity index (χ2v) is 13.3. The van der Waals surface area contributed by atoms with Crippen molar-refractivity contribution in [2.45, 2.75) is 66.1 Å². The van der Waals surface area contributed by atoms with E-state index in [0.717, 1.165) is 4.88 Å². The van der Waals surface area contributed by atoms with E-state index < -0.39 is 11.4 Å². The minimum atomic E-state index is -1.07. The molecule has 0 spiro atoms. The predicted molar refractivity (Wildman–Crippen MR) is 165 cm³/mol. The van der Waals surface area contributed by atoms with E-state index in [-0.39, 0.29) is 18.1 Å². The van der Waals surface area contributed by atoms with Crippen molar-refractivity contribution in [3.8, 4) is 10.6 Å². The molecule has 4 heterocycles. The van der Waals surface area contributed by atoms with Gasteiger partial charge < -0.3 is 30.1 Å². The zero-order valence-electron chi connectivity index (χ0n) is 24.1. The molecule has 1 aliphatic rings. The Kier molecular flexibility index (Phi) is 9.59. The van der Waals surface area contributed by atoms with Crippen molar-refractivity contribution in [2.24, 2.45) is 11.1 Å². The molecular weight excluding hydrogens is 562 g/mol. The number of nitrogens with one attached hydrogen (secondary N) is 1. The van der Waals surface area contributed by atoms with Gasteiger partial charge in [0, 0.05) is 29.0 Å². The fourth-order valence-electron chi connectivity index (χ4n) is 4.62. The summed E-state index contributed by atoms with van der Waals surface area (Å²) in [6, 6.07) is 13.5. The van der Waals surface area contributed by atoms with Gasteiger partial charge in [0.25, 0.3) is 0 Å². The molecule has 1 aliphatic heterocycles. The molecule has 220 valence electrons. The van der Waals surface area contributed by atoms with Gasteiger partial charge in [0.05, 0.1) is 27.0 Å². The van der Waals surface area contributed by atoms with Crippen LogP contribution in [-0.2, 0) is 11.3 Å². The molecule has 41 heavy (non-hydrogen) atoms. The first-order valence-corrected chi connectivity index (χ1v) is 14.9. The number of aromatic nitrogens is 2. The molecule has 1 amide bonds. The van der Waals surface area contributed by atoms with Crippen molar-refractivity contribution < 1.29 is 19.2 Å². The van der Waals surface area contributed by atoms with E-state index in [9.17, 15) is 14.7 Å². The van der Waals surface area contributed by atoms with Crippen LogP contribution in [0, 0.1) is 5.41 Å². The van der Waals surface area contributed by atoms with Crippen molar-refractivity contribution in [3.05, 3.63) is 58.2 Å². The van der Waals surface area contributed by atoms with Gasteiger partial charge in [0.1, 0.15) is 11.4 Å². The number of hydrogen-bond acceptors (Lipinski definition) is 7. The van der Waals surface area contributed by atoms with Crippen molar-refractivity contribution >= 4 is 51.4 Å². The van der Waals surface area contributed by atoms with Gasteiger partial charge in [-0.15, -0.1) is 11.3 Å². The van der Waals surface area contributed by atoms with Crippen LogP contribution < -0.4 is 11.1 Å². The number of benzene rings is 1. The maximum atomic E-state index is 12.6. The van der Waals surface area contributed by atoms with Gasteiger partial charge in [-0.05, 0) is 64.0 Å². The van der Waals surface area contributed by atoms with Crippen LogP contribution >= 0.6 is 22.9 Å². The number of halogens is 1. The van der Waals surface area contributed by atoms with Gasteiger partial charge in [0.2, 0.25) is 5.91 Å². The number of nitrogens with two attached hydrogens (primary N) is 1. The minimum absolute atomic E-state index is 0.0937. The second kappa shape index (κ2) is 12.8. The number of carboxylic acid groups (broad SMARTS) is 1. The first-order valence-electron chi connectivity index (χ1n) is 13.7. The van der Waals surface area contributed by atoms with Gasteiger partial charge in [0.15, 0.2) is 5.76 Å². The number of amides is 1. The maximum absolute atomic E-state index is 12.6. The maximum Gasteiger partial charge on any atom is 0.352 e. The molecule has 1 aromatic carbocycles. The average molecular weight is 600 g/mol. The van der Waals surface area contributed by atoms with Crippen molar-refractivity contribution in [3.63, 3.8) is 0 Å². The standard InChI is InChI=1S/C22H20ClN3O4S.C8H18N2/c1-22(2,3)21(29)24-14-6-4-5-12-9-15(20(27)28)26(19(12)14)11-13-10-16(30-25-13)17-7-8-18(23)31-17;1-7(2)10-5-3-8(9)4-6-10/h4-10H,11H2,1-3H3,(H,24,29)(H,27,28);7-8H,3-6,9H2,1-2H3. The number of nitrogens with zero attached hydrogens (tertiary/aromatic N) is 3. The number of fused-ring (bicyclic) bond motifs is 1. The Morgan fingerprint density at radius 3 is 2.49 bits per heavy atom. The van der Waals surface area contributed by atoms with E-state index in [1.54, 1.807) is 34.9 Å². The lowest BCUT2D eigenvalue weighted by Gasteiger charge is -2.32. The highest BCUT2D eigenvalue weighted by Gasteiger charge is 2.24. The third-order valence-electron chi connectivity index (χ3n) is 7.07. The van der Waals surface area contributed by atoms with Gasteiger partial charge in [-0.25, -0.2) is 4.79 Å². The van der Waals surface area contributed by atoms with Gasteiger partial charge in [-0.2, -0.15) is 0 Å². The average Bonchev–Trinajstić information content (AvgIpc) is 3.63. The number of anilines is 1. The highest BCUT2D eigenvalue weighted by molar-refractivity contribution is 7.19. The smallest absolute Gasteiger partial charge is 0.352 e. The van der Waals surface area contributed by atoms with Crippen LogP contribution in [0.4, 0.5) is 5.69 Å². The number of carbonyl (C=O) groups is 2. The quantitative estimate of drug-likeness (QED) is 0.229. The number of rotatable bonds is 6. The molecule has 0 atom stereocenters. The fraction of sp³-hybridized carbons (Fsp3) is 0.433. The lowest BCUT2D eigenvalue weighted by molar-refractivity contribution is -0.123. The van der Waals surface area contributed by atoms with E-state index >= 15 is 0 Å². The highest BCUT2D eigenvalue weighted by Crippen LogP contribution is 2.33. The third kappa shape index (κ3) is 7.56. The Balaban J connectivity index is 0.000000328. The molecule has 11 heteroatoms. The number of para-hydroxylation sites is 1. The Labute approximate surface area is 249 Å². The molecule has 1 fully saturated rings. The second-order valence-electron chi connectivity index (χ2n) is 11.6. The van der Waals surface area contributed by atoms with Crippen LogP contribution in [0.25, 0.3) is 21.5 Å². The van der Waals surface area contributed by atoms with Gasteiger partial charge in [-0.3, -0.25) is 4.79 Å². The number of carboxylic acids is 1. The van der Waals surface area contributed by atoms with E-state index in [2.05, 4.69) is 29.2 Å². The molecule has 5 rings (SSSR count). The van der Waals surface area contributed by atoms with E-state index in [1.165, 1.54) is 37.3 Å². The zero-order valence-corrected chi connectivity index (χ0v) is 25.7. The van der Waals surface area contributed by atoms with E-state index in [1.807, 2.05) is 32.9 Å². The molecule has 4 aromatic rings. The summed E-state index contributed by atoms with van der Waals surface area (Å²) >= 11 is 7.36. The lowest BCUT2D eigenvalue weighted by atomic mass is 9.95. The molecule has 0 radical (unpaired) electrons. The summed E-state index contributed by atoms with van der Waals surface area (Å²) in [4.78, 5) is 27.8. The normalized spacial score (nSPS) is 14.7. The van der Waals surface area contributed by atoms with Crippen LogP contribution in [-0.4, -0.2) is 56.8 Å². The first-order chi connectivity index (χ1) is 19.3. The highest BCUT2D eigenvalue weighted by atomic mass is 35.5. The largest absolute Gasteiger partial charge is 0.477 e. The summed E-state index contributed by atoms with van der Waals surface area (Å²) in [5.74, 6) is -0.678. The number of piperidine rings is 1. The summed E-state index contributed by atoms with van der Waals surface area (Å²) in [6.45, 7) is 12.5. The van der Waals surface area contributed by atoms with Crippen LogP contribution in [0.5, 0.6) is 0 Å². The number of aromatic carboxylic acids is 1. The topological polar surface area (TPSA) is 127 Å². The van der Waals surface area contributed by atoms with Gasteiger partial charge >= 0.3 is 5.97 Å². The predicted octanol–water partition coefficient (Wildman–Crippen LogP) is 6.56. The summed E-state index contributed by atoms with van der Waals surface area (Å²) < 4.78 is 7.70. The minimum Gasteiger partial charge on any atom is -0.477 e. The Bertz CT molecular complexity index is 1510. The fourth-order valence-corrected chi connectivity index (χ4v) is 5.62. The van der Waals surface area contributed by atoms with E-state index in [0.29, 0.717) is 44.5 Å². The van der Waals surface area contributed by atoms with Crippen LogP contribution in [0.3, 0.4) is 0 Å². The zero-order chi connectivity index (χ0) is 29.9. The third-order valence-corrected chi connectivity index (χ3v) is 8.31.